The molecule has 1 heteroatoms. The van der Waals surface area contributed by atoms with Crippen LogP contribution in [0, 0.1) is 18.8 Å². The second-order valence-corrected chi connectivity index (χ2v) is 5.87. The van der Waals surface area contributed by atoms with Gasteiger partial charge in [0.2, 0.25) is 0 Å². The Hall–Kier alpha value is -0.820. The van der Waals surface area contributed by atoms with Gasteiger partial charge < -0.3 is 5.11 Å². The molecule has 0 aliphatic heterocycles. The largest absolute Gasteiger partial charge is 0.388 e. The molecule has 1 saturated carbocycles. The Morgan fingerprint density at radius 3 is 2.44 bits per heavy atom. The number of rotatable bonds is 4. The molecule has 18 heavy (non-hydrogen) atoms. The minimum absolute atomic E-state index is 0.256. The summed E-state index contributed by atoms with van der Waals surface area (Å²) in [6.07, 6.45) is 7.42. The van der Waals surface area contributed by atoms with Gasteiger partial charge in [0.1, 0.15) is 0 Å². The van der Waals surface area contributed by atoms with Gasteiger partial charge in [-0.05, 0) is 42.7 Å². The Bertz CT molecular complexity index is 364. The molecule has 1 aliphatic rings. The fourth-order valence-corrected chi connectivity index (χ4v) is 3.37. The molecule has 1 N–H and O–H groups in total. The number of aryl methyl sites for hydroxylation is 1. The maximum absolute atomic E-state index is 10.5. The van der Waals surface area contributed by atoms with Gasteiger partial charge in [-0.3, -0.25) is 0 Å². The number of hydrogen-bond acceptors (Lipinski definition) is 1. The molecular formula is C17H26O. The molecular weight excluding hydrogens is 220 g/mol. The molecule has 0 amide bonds. The predicted octanol–water partition coefficient (Wildman–Crippen LogP) is 4.63. The average molecular weight is 246 g/mol. The van der Waals surface area contributed by atoms with E-state index in [0.717, 1.165) is 11.5 Å². The van der Waals surface area contributed by atoms with Crippen LogP contribution in [-0.4, -0.2) is 5.11 Å². The summed E-state index contributed by atoms with van der Waals surface area (Å²) in [6, 6.07) is 8.26. The summed E-state index contributed by atoms with van der Waals surface area (Å²) in [4.78, 5) is 0. The minimum atomic E-state index is -0.256. The summed E-state index contributed by atoms with van der Waals surface area (Å²) in [7, 11) is 0. The van der Waals surface area contributed by atoms with Crippen LogP contribution in [0.5, 0.6) is 0 Å². The number of aliphatic hydroxyl groups excluding tert-OH is 1. The lowest BCUT2D eigenvalue weighted by Crippen LogP contribution is -2.21. The minimum Gasteiger partial charge on any atom is -0.388 e. The highest BCUT2D eigenvalue weighted by molar-refractivity contribution is 5.28. The van der Waals surface area contributed by atoms with Crippen molar-refractivity contribution in [2.45, 2.75) is 58.5 Å². The van der Waals surface area contributed by atoms with E-state index < -0.39 is 0 Å². The van der Waals surface area contributed by atoms with E-state index in [2.05, 4.69) is 26.0 Å². The first-order valence-corrected chi connectivity index (χ1v) is 7.46. The van der Waals surface area contributed by atoms with Crippen molar-refractivity contribution in [1.82, 2.24) is 0 Å². The van der Waals surface area contributed by atoms with Crippen LogP contribution in [0.1, 0.15) is 62.7 Å². The van der Waals surface area contributed by atoms with Crippen molar-refractivity contribution in [1.29, 1.82) is 0 Å². The molecule has 0 radical (unpaired) electrons. The Balaban J connectivity index is 1.95. The molecule has 1 fully saturated rings. The Morgan fingerprint density at radius 1 is 1.17 bits per heavy atom. The van der Waals surface area contributed by atoms with Gasteiger partial charge in [0, 0.05) is 0 Å². The smallest absolute Gasteiger partial charge is 0.0820 e. The van der Waals surface area contributed by atoms with Crippen LogP contribution in [0.15, 0.2) is 24.3 Å². The molecule has 1 aromatic rings. The van der Waals surface area contributed by atoms with Gasteiger partial charge in [-0.1, -0.05) is 56.9 Å². The molecule has 1 nitrogen and oxygen atoms in total. The quantitative estimate of drug-likeness (QED) is 0.821. The standard InChI is InChI=1S/C17H26O/c1-3-6-14-9-11-15(12-10-14)17(18)16-8-5-4-7-13(16)2/h4-5,7-8,14-15,17-18H,3,6,9-12H2,1-2H3. The van der Waals surface area contributed by atoms with E-state index in [1.165, 1.54) is 44.1 Å². The summed E-state index contributed by atoms with van der Waals surface area (Å²) in [6.45, 7) is 4.37. The highest BCUT2D eigenvalue weighted by Gasteiger charge is 2.27. The van der Waals surface area contributed by atoms with Gasteiger partial charge in [0.05, 0.1) is 6.10 Å². The van der Waals surface area contributed by atoms with Crippen LogP contribution in [0.2, 0.25) is 0 Å². The molecule has 0 spiro atoms. The summed E-state index contributed by atoms with van der Waals surface area (Å²) in [5.41, 5.74) is 2.36. The molecule has 100 valence electrons. The van der Waals surface area contributed by atoms with Gasteiger partial charge in [0.15, 0.2) is 0 Å². The van der Waals surface area contributed by atoms with E-state index in [0.29, 0.717) is 5.92 Å². The third-order valence-electron chi connectivity index (χ3n) is 4.54. The predicted molar refractivity (Wildman–Crippen MR) is 76.5 cm³/mol. The van der Waals surface area contributed by atoms with Crippen LogP contribution in [-0.2, 0) is 0 Å². The zero-order valence-electron chi connectivity index (χ0n) is 11.7. The second kappa shape index (κ2) is 6.38. The summed E-state index contributed by atoms with van der Waals surface area (Å²) >= 11 is 0. The summed E-state index contributed by atoms with van der Waals surface area (Å²) in [5.74, 6) is 1.38. The van der Waals surface area contributed by atoms with Crippen LogP contribution in [0.25, 0.3) is 0 Å². The molecule has 2 rings (SSSR count). The molecule has 0 saturated heterocycles. The maximum Gasteiger partial charge on any atom is 0.0820 e. The molecule has 0 heterocycles. The summed E-state index contributed by atoms with van der Waals surface area (Å²) < 4.78 is 0. The van der Waals surface area contributed by atoms with E-state index in [9.17, 15) is 5.11 Å². The SMILES string of the molecule is CCCC1CCC(C(O)c2ccccc2C)CC1. The molecule has 0 bridgehead atoms. The van der Waals surface area contributed by atoms with Crippen molar-refractivity contribution in [2.24, 2.45) is 11.8 Å². The van der Waals surface area contributed by atoms with E-state index >= 15 is 0 Å². The van der Waals surface area contributed by atoms with E-state index in [1.54, 1.807) is 0 Å². The van der Waals surface area contributed by atoms with Crippen LogP contribution in [0.4, 0.5) is 0 Å². The molecule has 0 aromatic heterocycles. The van der Waals surface area contributed by atoms with Crippen molar-refractivity contribution < 1.29 is 5.11 Å². The lowest BCUT2D eigenvalue weighted by atomic mass is 9.76. The third-order valence-corrected chi connectivity index (χ3v) is 4.54. The fraction of sp³-hybridized carbons (Fsp3) is 0.647. The number of aliphatic hydroxyl groups is 1. The number of hydrogen-bond donors (Lipinski definition) is 1. The van der Waals surface area contributed by atoms with Crippen molar-refractivity contribution in [2.75, 3.05) is 0 Å². The lowest BCUT2D eigenvalue weighted by molar-refractivity contribution is 0.0717. The van der Waals surface area contributed by atoms with E-state index in [-0.39, 0.29) is 6.10 Å². The van der Waals surface area contributed by atoms with Gasteiger partial charge in [0.25, 0.3) is 0 Å². The maximum atomic E-state index is 10.5. The molecule has 1 aromatic carbocycles. The first-order chi connectivity index (χ1) is 8.72. The molecule has 1 atom stereocenters. The zero-order valence-corrected chi connectivity index (χ0v) is 11.7. The van der Waals surface area contributed by atoms with E-state index in [1.807, 2.05) is 12.1 Å². The van der Waals surface area contributed by atoms with Gasteiger partial charge >= 0.3 is 0 Å². The van der Waals surface area contributed by atoms with Crippen LogP contribution < -0.4 is 0 Å². The van der Waals surface area contributed by atoms with Gasteiger partial charge in [-0.2, -0.15) is 0 Å². The second-order valence-electron chi connectivity index (χ2n) is 5.87. The normalized spacial score (nSPS) is 25.9. The first-order valence-electron chi connectivity index (χ1n) is 7.46. The third kappa shape index (κ3) is 3.14. The Kier molecular flexibility index (Phi) is 4.82. The molecule has 1 unspecified atom stereocenters. The van der Waals surface area contributed by atoms with Crippen molar-refractivity contribution in [3.63, 3.8) is 0 Å². The molecule has 1 aliphatic carbocycles. The average Bonchev–Trinajstić information content (AvgIpc) is 2.40. The zero-order chi connectivity index (χ0) is 13.0. The lowest BCUT2D eigenvalue weighted by Gasteiger charge is -2.32. The van der Waals surface area contributed by atoms with Gasteiger partial charge in [-0.25, -0.2) is 0 Å². The van der Waals surface area contributed by atoms with Crippen molar-refractivity contribution in [3.8, 4) is 0 Å². The van der Waals surface area contributed by atoms with Crippen molar-refractivity contribution >= 4 is 0 Å². The van der Waals surface area contributed by atoms with E-state index in [4.69, 9.17) is 0 Å². The fourth-order valence-electron chi connectivity index (χ4n) is 3.37. The first kappa shape index (κ1) is 13.6. The van der Waals surface area contributed by atoms with Crippen LogP contribution in [0.3, 0.4) is 0 Å². The number of benzene rings is 1. The summed E-state index contributed by atoms with van der Waals surface area (Å²) in [5, 5.41) is 10.5. The highest BCUT2D eigenvalue weighted by Crippen LogP contribution is 2.38. The highest BCUT2D eigenvalue weighted by atomic mass is 16.3. The monoisotopic (exact) mass is 246 g/mol. The van der Waals surface area contributed by atoms with Crippen molar-refractivity contribution in [3.05, 3.63) is 35.4 Å². The van der Waals surface area contributed by atoms with Crippen LogP contribution >= 0.6 is 0 Å². The van der Waals surface area contributed by atoms with Gasteiger partial charge in [-0.15, -0.1) is 0 Å². The Morgan fingerprint density at radius 2 is 1.83 bits per heavy atom. The Labute approximate surface area is 111 Å². The topological polar surface area (TPSA) is 20.2 Å².